The number of hydrogen-bond acceptors (Lipinski definition) is 6. The number of hydrogen-bond donors (Lipinski definition) is 0. The molecule has 7 nitrogen and oxygen atoms in total. The van der Waals surface area contributed by atoms with Crippen molar-refractivity contribution in [2.75, 3.05) is 39.9 Å². The van der Waals surface area contributed by atoms with Gasteiger partial charge in [0.25, 0.3) is 0 Å². The summed E-state index contributed by atoms with van der Waals surface area (Å²) in [6, 6.07) is -0.0618. The second-order valence-corrected chi connectivity index (χ2v) is 6.73. The van der Waals surface area contributed by atoms with Gasteiger partial charge >= 0.3 is 0 Å². The van der Waals surface area contributed by atoms with Crippen LogP contribution in [0, 0.1) is 0 Å². The van der Waals surface area contributed by atoms with Crippen LogP contribution < -0.4 is 0 Å². The lowest BCUT2D eigenvalue weighted by Gasteiger charge is -2.26. The predicted molar refractivity (Wildman–Crippen MR) is 88.5 cm³/mol. The van der Waals surface area contributed by atoms with E-state index in [1.807, 2.05) is 4.90 Å². The number of amides is 1. The Hall–Kier alpha value is -1.47. The first-order valence-corrected chi connectivity index (χ1v) is 9.11. The number of aromatic nitrogens is 2. The van der Waals surface area contributed by atoms with Crippen molar-refractivity contribution < 1.29 is 14.1 Å². The summed E-state index contributed by atoms with van der Waals surface area (Å²) in [5, 5.41) is 4.01. The van der Waals surface area contributed by atoms with E-state index in [0.717, 1.165) is 32.5 Å². The van der Waals surface area contributed by atoms with Crippen LogP contribution in [-0.2, 0) is 16.0 Å². The van der Waals surface area contributed by atoms with Crippen molar-refractivity contribution in [1.82, 2.24) is 19.9 Å². The largest absolute Gasteiger partial charge is 0.384 e. The molecule has 0 bridgehead atoms. The molecule has 1 aromatic rings. The molecular weight excluding hydrogens is 308 g/mol. The maximum atomic E-state index is 12.8. The third-order valence-corrected chi connectivity index (χ3v) is 4.93. The zero-order valence-corrected chi connectivity index (χ0v) is 14.6. The fraction of sp³-hybridized carbons (Fsp3) is 0.824. The van der Waals surface area contributed by atoms with Crippen LogP contribution in [0.15, 0.2) is 4.52 Å². The molecule has 134 valence electrons. The molecule has 0 aliphatic carbocycles. The Morgan fingerprint density at radius 2 is 2.00 bits per heavy atom. The minimum atomic E-state index is -0.0618. The molecule has 2 fully saturated rings. The van der Waals surface area contributed by atoms with Gasteiger partial charge in [-0.15, -0.1) is 0 Å². The van der Waals surface area contributed by atoms with E-state index in [0.29, 0.717) is 31.3 Å². The van der Waals surface area contributed by atoms with Crippen molar-refractivity contribution in [3.63, 3.8) is 0 Å². The lowest BCUT2D eigenvalue weighted by Crippen LogP contribution is -2.40. The fourth-order valence-corrected chi connectivity index (χ4v) is 3.60. The second-order valence-electron chi connectivity index (χ2n) is 6.73. The average Bonchev–Trinajstić information content (AvgIpc) is 3.18. The van der Waals surface area contributed by atoms with Gasteiger partial charge in [-0.1, -0.05) is 18.0 Å². The standard InChI is InChI=1S/C17H28N4O3/c1-23-12-8-15-18-17(24-19-15)14-7-6-11-21(14)16(22)13-20-9-4-2-3-5-10-20/h14H,2-13H2,1H3. The van der Waals surface area contributed by atoms with Gasteiger partial charge in [0.2, 0.25) is 11.8 Å². The Morgan fingerprint density at radius 1 is 1.21 bits per heavy atom. The minimum absolute atomic E-state index is 0.0618. The molecule has 3 heterocycles. The van der Waals surface area contributed by atoms with Gasteiger partial charge < -0.3 is 14.2 Å². The van der Waals surface area contributed by atoms with Gasteiger partial charge in [-0.25, -0.2) is 0 Å². The van der Waals surface area contributed by atoms with Crippen LogP contribution in [0.1, 0.15) is 56.3 Å². The van der Waals surface area contributed by atoms with Crippen LogP contribution in [0.5, 0.6) is 0 Å². The van der Waals surface area contributed by atoms with E-state index in [-0.39, 0.29) is 11.9 Å². The molecule has 0 radical (unpaired) electrons. The van der Waals surface area contributed by atoms with E-state index < -0.39 is 0 Å². The highest BCUT2D eigenvalue weighted by Crippen LogP contribution is 2.31. The SMILES string of the molecule is COCCc1noc(C2CCCN2C(=O)CN2CCCCCC2)n1. The van der Waals surface area contributed by atoms with Gasteiger partial charge in [0.15, 0.2) is 5.82 Å². The van der Waals surface area contributed by atoms with Crippen LogP contribution >= 0.6 is 0 Å². The van der Waals surface area contributed by atoms with E-state index >= 15 is 0 Å². The van der Waals surface area contributed by atoms with E-state index in [9.17, 15) is 4.79 Å². The quantitative estimate of drug-likeness (QED) is 0.789. The summed E-state index contributed by atoms with van der Waals surface area (Å²) >= 11 is 0. The Morgan fingerprint density at radius 3 is 2.75 bits per heavy atom. The smallest absolute Gasteiger partial charge is 0.249 e. The highest BCUT2D eigenvalue weighted by atomic mass is 16.5. The molecule has 1 atom stereocenters. The normalized spacial score (nSPS) is 22.7. The van der Waals surface area contributed by atoms with Crippen LogP contribution in [-0.4, -0.2) is 65.7 Å². The Balaban J connectivity index is 1.59. The molecule has 0 saturated carbocycles. The molecule has 3 rings (SSSR count). The van der Waals surface area contributed by atoms with Gasteiger partial charge in [0, 0.05) is 20.1 Å². The molecule has 2 saturated heterocycles. The predicted octanol–water partition coefficient (Wildman–Crippen LogP) is 1.80. The number of methoxy groups -OCH3 is 1. The van der Waals surface area contributed by atoms with E-state index in [1.54, 1.807) is 7.11 Å². The first kappa shape index (κ1) is 17.4. The molecule has 0 aromatic carbocycles. The molecular formula is C17H28N4O3. The highest BCUT2D eigenvalue weighted by molar-refractivity contribution is 5.79. The number of nitrogens with zero attached hydrogens (tertiary/aromatic N) is 4. The molecule has 7 heteroatoms. The summed E-state index contributed by atoms with van der Waals surface area (Å²) in [4.78, 5) is 21.4. The summed E-state index contributed by atoms with van der Waals surface area (Å²) in [7, 11) is 1.65. The monoisotopic (exact) mass is 336 g/mol. The zero-order valence-electron chi connectivity index (χ0n) is 14.6. The molecule has 1 aromatic heterocycles. The molecule has 0 N–H and O–H groups in total. The molecule has 2 aliphatic rings. The number of likely N-dealkylation sites (tertiary alicyclic amines) is 2. The van der Waals surface area contributed by atoms with Gasteiger partial charge in [0.05, 0.1) is 13.2 Å². The summed E-state index contributed by atoms with van der Waals surface area (Å²) in [6.45, 7) is 3.94. The second kappa shape index (κ2) is 8.58. The van der Waals surface area contributed by atoms with Gasteiger partial charge in [-0.3, -0.25) is 9.69 Å². The first-order valence-electron chi connectivity index (χ1n) is 9.11. The Labute approximate surface area is 143 Å². The minimum Gasteiger partial charge on any atom is -0.384 e. The van der Waals surface area contributed by atoms with Crippen molar-refractivity contribution in [2.24, 2.45) is 0 Å². The lowest BCUT2D eigenvalue weighted by molar-refractivity contribution is -0.133. The molecule has 24 heavy (non-hydrogen) atoms. The number of carbonyl (C=O) groups excluding carboxylic acids is 1. The summed E-state index contributed by atoms with van der Waals surface area (Å²) in [6.07, 6.45) is 7.48. The van der Waals surface area contributed by atoms with Crippen LogP contribution in [0.2, 0.25) is 0 Å². The molecule has 0 spiro atoms. The fourth-order valence-electron chi connectivity index (χ4n) is 3.60. The molecule has 2 aliphatic heterocycles. The van der Waals surface area contributed by atoms with Gasteiger partial charge in [-0.05, 0) is 38.8 Å². The molecule has 1 amide bonds. The van der Waals surface area contributed by atoms with Crippen molar-refractivity contribution in [3.05, 3.63) is 11.7 Å². The van der Waals surface area contributed by atoms with Crippen LogP contribution in [0.3, 0.4) is 0 Å². The maximum Gasteiger partial charge on any atom is 0.249 e. The number of rotatable bonds is 6. The topological polar surface area (TPSA) is 71.7 Å². The van der Waals surface area contributed by atoms with E-state index in [4.69, 9.17) is 9.26 Å². The zero-order chi connectivity index (χ0) is 16.8. The maximum absolute atomic E-state index is 12.8. The number of carbonyl (C=O) groups is 1. The van der Waals surface area contributed by atoms with Crippen LogP contribution in [0.4, 0.5) is 0 Å². The summed E-state index contributed by atoms with van der Waals surface area (Å²) in [5.41, 5.74) is 0. The average molecular weight is 336 g/mol. The van der Waals surface area contributed by atoms with E-state index in [1.165, 1.54) is 25.7 Å². The van der Waals surface area contributed by atoms with Crippen molar-refractivity contribution >= 4 is 5.91 Å². The Bertz CT molecular complexity index is 526. The summed E-state index contributed by atoms with van der Waals surface area (Å²) < 4.78 is 10.5. The van der Waals surface area contributed by atoms with E-state index in [2.05, 4.69) is 15.0 Å². The van der Waals surface area contributed by atoms with Crippen LogP contribution in [0.25, 0.3) is 0 Å². The number of ether oxygens (including phenoxy) is 1. The first-order chi connectivity index (χ1) is 11.8. The third-order valence-electron chi connectivity index (χ3n) is 4.93. The molecule has 1 unspecified atom stereocenters. The highest BCUT2D eigenvalue weighted by Gasteiger charge is 2.34. The van der Waals surface area contributed by atoms with Crippen molar-refractivity contribution in [1.29, 1.82) is 0 Å². The van der Waals surface area contributed by atoms with Crippen molar-refractivity contribution in [3.8, 4) is 0 Å². The summed E-state index contributed by atoms with van der Waals surface area (Å²) in [5.74, 6) is 1.41. The Kier molecular flexibility index (Phi) is 6.20. The van der Waals surface area contributed by atoms with Crippen molar-refractivity contribution in [2.45, 2.75) is 51.0 Å². The van der Waals surface area contributed by atoms with Gasteiger partial charge in [-0.2, -0.15) is 4.98 Å². The lowest BCUT2D eigenvalue weighted by atomic mass is 10.2. The third kappa shape index (κ3) is 4.33. The van der Waals surface area contributed by atoms with Gasteiger partial charge in [0.1, 0.15) is 6.04 Å².